The minimum Gasteiger partial charge on any atom is -0.309 e. The van der Waals surface area contributed by atoms with Gasteiger partial charge in [0, 0.05) is 27.3 Å². The van der Waals surface area contributed by atoms with Gasteiger partial charge < -0.3 is 5.32 Å². The highest BCUT2D eigenvalue weighted by molar-refractivity contribution is 9.10. The maximum atomic E-state index is 3.67. The molecule has 1 fully saturated rings. The van der Waals surface area contributed by atoms with Crippen molar-refractivity contribution in [2.75, 3.05) is 0 Å². The van der Waals surface area contributed by atoms with E-state index in [2.05, 4.69) is 39.6 Å². The fourth-order valence-electron chi connectivity index (χ4n) is 2.51. The Morgan fingerprint density at radius 3 is 2.81 bits per heavy atom. The Balaban J connectivity index is 1.76. The average molecular weight is 302 g/mol. The van der Waals surface area contributed by atoms with Crippen LogP contribution < -0.4 is 5.32 Å². The summed E-state index contributed by atoms with van der Waals surface area (Å²) >= 11 is 5.33. The Labute approximate surface area is 111 Å². The van der Waals surface area contributed by atoms with Crippen LogP contribution >= 0.6 is 27.3 Å². The molecule has 1 nitrogen and oxygen atoms in total. The molecule has 16 heavy (non-hydrogen) atoms. The van der Waals surface area contributed by atoms with Gasteiger partial charge in [-0.05, 0) is 47.7 Å². The van der Waals surface area contributed by atoms with Gasteiger partial charge in [-0.1, -0.05) is 19.3 Å². The lowest BCUT2D eigenvalue weighted by Crippen LogP contribution is -2.33. The number of nitrogens with one attached hydrogen (secondary N) is 1. The number of rotatable bonds is 4. The molecule has 1 heterocycles. The van der Waals surface area contributed by atoms with Crippen molar-refractivity contribution in [3.8, 4) is 0 Å². The van der Waals surface area contributed by atoms with Gasteiger partial charge in [-0.25, -0.2) is 0 Å². The van der Waals surface area contributed by atoms with Crippen LogP contribution in [0.2, 0.25) is 0 Å². The molecule has 2 rings (SSSR count). The van der Waals surface area contributed by atoms with Crippen LogP contribution in [0.25, 0.3) is 0 Å². The fourth-order valence-corrected chi connectivity index (χ4v) is 3.91. The smallest absolute Gasteiger partial charge is 0.0302 e. The topological polar surface area (TPSA) is 12.0 Å². The molecule has 0 aromatic carbocycles. The van der Waals surface area contributed by atoms with Gasteiger partial charge >= 0.3 is 0 Å². The molecule has 0 spiro atoms. The predicted molar refractivity (Wildman–Crippen MR) is 74.9 cm³/mol. The molecule has 1 aromatic heterocycles. The molecule has 0 bridgehead atoms. The lowest BCUT2D eigenvalue weighted by atomic mass is 9.84. The summed E-state index contributed by atoms with van der Waals surface area (Å²) in [5.74, 6) is 0.900. The molecule has 90 valence electrons. The first kappa shape index (κ1) is 12.6. The largest absolute Gasteiger partial charge is 0.309 e. The number of hydrogen-bond acceptors (Lipinski definition) is 2. The number of thiophene rings is 1. The molecule has 1 unspecified atom stereocenters. The van der Waals surface area contributed by atoms with Crippen LogP contribution in [0.4, 0.5) is 0 Å². The zero-order chi connectivity index (χ0) is 11.4. The molecule has 1 saturated carbocycles. The molecule has 1 aliphatic carbocycles. The Kier molecular flexibility index (Phi) is 4.86. The van der Waals surface area contributed by atoms with Crippen molar-refractivity contribution in [2.24, 2.45) is 5.92 Å². The van der Waals surface area contributed by atoms with Crippen molar-refractivity contribution in [1.82, 2.24) is 5.32 Å². The summed E-state index contributed by atoms with van der Waals surface area (Å²) in [5.41, 5.74) is 0. The van der Waals surface area contributed by atoms with E-state index in [1.165, 1.54) is 41.5 Å². The van der Waals surface area contributed by atoms with E-state index in [9.17, 15) is 0 Å². The van der Waals surface area contributed by atoms with Crippen molar-refractivity contribution in [1.29, 1.82) is 0 Å². The molecule has 1 aliphatic rings. The van der Waals surface area contributed by atoms with Gasteiger partial charge in [0.25, 0.3) is 0 Å². The van der Waals surface area contributed by atoms with Gasteiger partial charge in [-0.15, -0.1) is 11.3 Å². The van der Waals surface area contributed by atoms with Gasteiger partial charge in [0.05, 0.1) is 0 Å². The molecule has 0 radical (unpaired) electrons. The van der Waals surface area contributed by atoms with Gasteiger partial charge in [-0.2, -0.15) is 0 Å². The number of hydrogen-bond donors (Lipinski definition) is 1. The first-order valence-corrected chi connectivity index (χ1v) is 7.89. The molecule has 1 aromatic rings. The SMILES string of the molecule is CC(NCc1cc(Br)cs1)C1CCCCC1. The van der Waals surface area contributed by atoms with Crippen LogP contribution in [0.1, 0.15) is 43.9 Å². The first-order chi connectivity index (χ1) is 7.75. The minimum absolute atomic E-state index is 0.668. The quantitative estimate of drug-likeness (QED) is 0.859. The van der Waals surface area contributed by atoms with E-state index in [0.717, 1.165) is 12.5 Å². The average Bonchev–Trinajstić information content (AvgIpc) is 2.73. The van der Waals surface area contributed by atoms with Gasteiger partial charge in [0.2, 0.25) is 0 Å². The zero-order valence-electron chi connectivity index (χ0n) is 9.84. The molecule has 0 amide bonds. The van der Waals surface area contributed by atoms with E-state index in [4.69, 9.17) is 0 Å². The van der Waals surface area contributed by atoms with E-state index in [0.29, 0.717) is 6.04 Å². The van der Waals surface area contributed by atoms with E-state index < -0.39 is 0 Å². The Morgan fingerprint density at radius 1 is 1.44 bits per heavy atom. The second-order valence-electron chi connectivity index (χ2n) is 4.80. The summed E-state index contributed by atoms with van der Waals surface area (Å²) in [7, 11) is 0. The van der Waals surface area contributed by atoms with Crippen molar-refractivity contribution < 1.29 is 0 Å². The van der Waals surface area contributed by atoms with Crippen molar-refractivity contribution >= 4 is 27.3 Å². The van der Waals surface area contributed by atoms with E-state index >= 15 is 0 Å². The Bertz CT molecular complexity index is 317. The van der Waals surface area contributed by atoms with Crippen LogP contribution in [0, 0.1) is 5.92 Å². The standard InChI is InChI=1S/C13H20BrNS/c1-10(11-5-3-2-4-6-11)15-8-13-7-12(14)9-16-13/h7,9-11,15H,2-6,8H2,1H3. The third-order valence-corrected chi connectivity index (χ3v) is 5.27. The summed E-state index contributed by atoms with van der Waals surface area (Å²) in [6, 6.07) is 2.88. The Morgan fingerprint density at radius 2 is 2.19 bits per heavy atom. The third-order valence-electron chi connectivity index (χ3n) is 3.58. The molecule has 0 aliphatic heterocycles. The Hall–Kier alpha value is 0.140. The summed E-state index contributed by atoms with van der Waals surface area (Å²) in [6.07, 6.45) is 7.15. The van der Waals surface area contributed by atoms with Crippen LogP contribution in [0.3, 0.4) is 0 Å². The third kappa shape index (κ3) is 3.57. The highest BCUT2D eigenvalue weighted by Gasteiger charge is 2.19. The minimum atomic E-state index is 0.668. The van der Waals surface area contributed by atoms with Crippen LogP contribution in [0.5, 0.6) is 0 Å². The highest BCUT2D eigenvalue weighted by atomic mass is 79.9. The van der Waals surface area contributed by atoms with Gasteiger partial charge in [0.15, 0.2) is 0 Å². The molecular formula is C13H20BrNS. The second-order valence-corrected chi connectivity index (χ2v) is 6.71. The molecule has 3 heteroatoms. The second kappa shape index (κ2) is 6.18. The lowest BCUT2D eigenvalue weighted by molar-refractivity contribution is 0.281. The van der Waals surface area contributed by atoms with Crippen molar-refractivity contribution in [2.45, 2.75) is 51.6 Å². The molecule has 0 saturated heterocycles. The summed E-state index contributed by atoms with van der Waals surface area (Å²) in [6.45, 7) is 3.37. The summed E-state index contributed by atoms with van der Waals surface area (Å²) < 4.78 is 1.21. The van der Waals surface area contributed by atoms with Crippen LogP contribution in [-0.4, -0.2) is 6.04 Å². The fraction of sp³-hybridized carbons (Fsp3) is 0.692. The maximum absolute atomic E-state index is 3.67. The van der Waals surface area contributed by atoms with Crippen LogP contribution in [0.15, 0.2) is 15.9 Å². The molecule has 1 atom stereocenters. The normalized spacial score (nSPS) is 19.9. The summed E-state index contributed by atoms with van der Waals surface area (Å²) in [5, 5.41) is 5.83. The zero-order valence-corrected chi connectivity index (χ0v) is 12.2. The number of halogens is 1. The van der Waals surface area contributed by atoms with E-state index in [-0.39, 0.29) is 0 Å². The first-order valence-electron chi connectivity index (χ1n) is 6.22. The summed E-state index contributed by atoms with van der Waals surface area (Å²) in [4.78, 5) is 1.43. The van der Waals surface area contributed by atoms with Crippen molar-refractivity contribution in [3.05, 3.63) is 20.8 Å². The van der Waals surface area contributed by atoms with E-state index in [1.807, 2.05) is 11.3 Å². The van der Waals surface area contributed by atoms with Crippen molar-refractivity contribution in [3.63, 3.8) is 0 Å². The van der Waals surface area contributed by atoms with Gasteiger partial charge in [0.1, 0.15) is 0 Å². The monoisotopic (exact) mass is 301 g/mol. The lowest BCUT2D eigenvalue weighted by Gasteiger charge is -2.28. The predicted octanol–water partition coefficient (Wildman–Crippen LogP) is 4.57. The van der Waals surface area contributed by atoms with Crippen LogP contribution in [-0.2, 0) is 6.54 Å². The van der Waals surface area contributed by atoms with E-state index in [1.54, 1.807) is 0 Å². The maximum Gasteiger partial charge on any atom is 0.0302 e. The molecule has 1 N–H and O–H groups in total. The molecular weight excluding hydrogens is 282 g/mol. The highest BCUT2D eigenvalue weighted by Crippen LogP contribution is 2.27. The van der Waals surface area contributed by atoms with Gasteiger partial charge in [-0.3, -0.25) is 0 Å².